The molecular weight excluding hydrogens is 210 g/mol. The third-order valence-electron chi connectivity index (χ3n) is 1.70. The van der Waals surface area contributed by atoms with E-state index >= 15 is 0 Å². The van der Waals surface area contributed by atoms with Gasteiger partial charge in [-0.1, -0.05) is 0 Å². The lowest BCUT2D eigenvalue weighted by molar-refractivity contribution is 0.0950. The number of thiazole rings is 1. The molecule has 0 saturated carbocycles. The van der Waals surface area contributed by atoms with Crippen LogP contribution in [0.15, 0.2) is 5.38 Å². The molecule has 0 atom stereocenters. The minimum atomic E-state index is -0.176. The van der Waals surface area contributed by atoms with Crippen LogP contribution in [-0.4, -0.2) is 24.0 Å². The third kappa shape index (κ3) is 3.70. The number of hydrogen-bond acceptors (Lipinski definition) is 4. The summed E-state index contributed by atoms with van der Waals surface area (Å²) in [6, 6.07) is 0. The maximum atomic E-state index is 11.5. The summed E-state index contributed by atoms with van der Waals surface area (Å²) in [5.74, 6) is 2.27. The SMILES string of the molecule is C#CCCNC(=O)c1csc(CCN)n1. The van der Waals surface area contributed by atoms with Crippen molar-refractivity contribution in [3.8, 4) is 12.3 Å². The van der Waals surface area contributed by atoms with Crippen molar-refractivity contribution in [1.82, 2.24) is 10.3 Å². The molecule has 3 N–H and O–H groups in total. The van der Waals surface area contributed by atoms with Crippen LogP contribution in [0.25, 0.3) is 0 Å². The smallest absolute Gasteiger partial charge is 0.270 e. The molecule has 0 aliphatic carbocycles. The van der Waals surface area contributed by atoms with Crippen molar-refractivity contribution >= 4 is 17.2 Å². The fourth-order valence-electron chi connectivity index (χ4n) is 0.992. The molecule has 0 bridgehead atoms. The van der Waals surface area contributed by atoms with Gasteiger partial charge in [-0.25, -0.2) is 4.98 Å². The summed E-state index contributed by atoms with van der Waals surface area (Å²) in [5.41, 5.74) is 5.83. The van der Waals surface area contributed by atoms with E-state index in [-0.39, 0.29) is 5.91 Å². The van der Waals surface area contributed by atoms with Gasteiger partial charge in [-0.3, -0.25) is 4.79 Å². The zero-order chi connectivity index (χ0) is 11.1. The number of nitrogens with one attached hydrogen (secondary N) is 1. The average molecular weight is 223 g/mol. The van der Waals surface area contributed by atoms with Gasteiger partial charge in [0.05, 0.1) is 5.01 Å². The molecule has 4 nitrogen and oxygen atoms in total. The van der Waals surface area contributed by atoms with Crippen LogP contribution < -0.4 is 11.1 Å². The number of nitrogens with zero attached hydrogens (tertiary/aromatic N) is 1. The Bertz CT molecular complexity index is 367. The summed E-state index contributed by atoms with van der Waals surface area (Å²) in [4.78, 5) is 15.6. The number of carbonyl (C=O) groups excluding carboxylic acids is 1. The van der Waals surface area contributed by atoms with Crippen molar-refractivity contribution in [1.29, 1.82) is 0 Å². The van der Waals surface area contributed by atoms with Crippen molar-refractivity contribution in [2.24, 2.45) is 5.73 Å². The lowest BCUT2D eigenvalue weighted by atomic mass is 10.4. The summed E-state index contributed by atoms with van der Waals surface area (Å²) in [5, 5.41) is 5.31. The van der Waals surface area contributed by atoms with E-state index < -0.39 is 0 Å². The fraction of sp³-hybridized carbons (Fsp3) is 0.400. The van der Waals surface area contributed by atoms with Crippen LogP contribution in [0.3, 0.4) is 0 Å². The highest BCUT2D eigenvalue weighted by Crippen LogP contribution is 2.09. The molecular formula is C10H13N3OS. The highest BCUT2D eigenvalue weighted by atomic mass is 32.1. The van der Waals surface area contributed by atoms with Gasteiger partial charge < -0.3 is 11.1 Å². The lowest BCUT2D eigenvalue weighted by Crippen LogP contribution is -2.24. The average Bonchev–Trinajstić information content (AvgIpc) is 2.67. The first-order valence-corrected chi connectivity index (χ1v) is 5.52. The second kappa shape index (κ2) is 6.17. The summed E-state index contributed by atoms with van der Waals surface area (Å²) in [7, 11) is 0. The number of terminal acetylenes is 1. The van der Waals surface area contributed by atoms with Crippen LogP contribution in [0.5, 0.6) is 0 Å². The molecule has 0 radical (unpaired) electrons. The maximum absolute atomic E-state index is 11.5. The van der Waals surface area contributed by atoms with Gasteiger partial charge in [0.25, 0.3) is 5.91 Å². The normalized spacial score (nSPS) is 9.60. The standard InChI is InChI=1S/C10H13N3OS/c1-2-3-6-12-10(14)8-7-15-9(13-8)4-5-11/h1,7H,3-6,11H2,(H,12,14). The highest BCUT2D eigenvalue weighted by Gasteiger charge is 2.08. The van der Waals surface area contributed by atoms with Crippen LogP contribution in [0.4, 0.5) is 0 Å². The number of hydrogen-bond donors (Lipinski definition) is 2. The molecule has 0 unspecified atom stereocenters. The molecule has 0 saturated heterocycles. The van der Waals surface area contributed by atoms with Crippen LogP contribution in [-0.2, 0) is 6.42 Å². The summed E-state index contributed by atoms with van der Waals surface area (Å²) >= 11 is 1.45. The number of carbonyl (C=O) groups is 1. The Hall–Kier alpha value is -1.38. The van der Waals surface area contributed by atoms with Crippen LogP contribution >= 0.6 is 11.3 Å². The zero-order valence-electron chi connectivity index (χ0n) is 8.32. The largest absolute Gasteiger partial charge is 0.350 e. The van der Waals surface area contributed by atoms with Crippen molar-refractivity contribution in [2.75, 3.05) is 13.1 Å². The number of rotatable bonds is 5. The molecule has 0 fully saturated rings. The molecule has 5 heteroatoms. The molecule has 1 heterocycles. The zero-order valence-corrected chi connectivity index (χ0v) is 9.14. The van der Waals surface area contributed by atoms with Gasteiger partial charge in [0.2, 0.25) is 0 Å². The van der Waals surface area contributed by atoms with Crippen molar-refractivity contribution in [2.45, 2.75) is 12.8 Å². The van der Waals surface area contributed by atoms with Gasteiger partial charge >= 0.3 is 0 Å². The van der Waals surface area contributed by atoms with Crippen LogP contribution in [0.1, 0.15) is 21.9 Å². The predicted molar refractivity (Wildman–Crippen MR) is 60.7 cm³/mol. The Morgan fingerprint density at radius 1 is 1.73 bits per heavy atom. The van der Waals surface area contributed by atoms with E-state index in [1.165, 1.54) is 11.3 Å². The molecule has 1 aromatic heterocycles. The molecule has 0 aliphatic heterocycles. The molecule has 0 spiro atoms. The number of nitrogens with two attached hydrogens (primary N) is 1. The fourth-order valence-corrected chi connectivity index (χ4v) is 1.79. The van der Waals surface area contributed by atoms with E-state index in [0.717, 1.165) is 5.01 Å². The van der Waals surface area contributed by atoms with Gasteiger partial charge in [-0.05, 0) is 6.54 Å². The summed E-state index contributed by atoms with van der Waals surface area (Å²) in [6.07, 6.45) is 6.31. The van der Waals surface area contributed by atoms with Gasteiger partial charge in [0, 0.05) is 24.8 Å². The minimum Gasteiger partial charge on any atom is -0.350 e. The first-order chi connectivity index (χ1) is 7.27. The maximum Gasteiger partial charge on any atom is 0.270 e. The van der Waals surface area contributed by atoms with E-state index in [1.54, 1.807) is 5.38 Å². The molecule has 1 rings (SSSR count). The Morgan fingerprint density at radius 2 is 2.53 bits per heavy atom. The van der Waals surface area contributed by atoms with Crippen molar-refractivity contribution < 1.29 is 4.79 Å². The van der Waals surface area contributed by atoms with E-state index in [1.807, 2.05) is 0 Å². The van der Waals surface area contributed by atoms with Gasteiger partial charge in [0.1, 0.15) is 5.69 Å². The van der Waals surface area contributed by atoms with Crippen molar-refractivity contribution in [3.05, 3.63) is 16.1 Å². The van der Waals surface area contributed by atoms with Crippen LogP contribution in [0, 0.1) is 12.3 Å². The first-order valence-electron chi connectivity index (χ1n) is 4.64. The van der Waals surface area contributed by atoms with E-state index in [9.17, 15) is 4.79 Å². The quantitative estimate of drug-likeness (QED) is 0.561. The third-order valence-corrected chi connectivity index (χ3v) is 2.61. The topological polar surface area (TPSA) is 68.0 Å². The van der Waals surface area contributed by atoms with Crippen molar-refractivity contribution in [3.63, 3.8) is 0 Å². The Morgan fingerprint density at radius 3 is 3.20 bits per heavy atom. The van der Waals surface area contributed by atoms with Gasteiger partial charge in [-0.15, -0.1) is 23.7 Å². The first kappa shape index (κ1) is 11.7. The van der Waals surface area contributed by atoms with E-state index in [4.69, 9.17) is 12.2 Å². The molecule has 0 aliphatic rings. The molecule has 1 aromatic rings. The Balaban J connectivity index is 2.47. The molecule has 1 amide bonds. The Kier molecular flexibility index (Phi) is 4.81. The minimum absolute atomic E-state index is 0.176. The number of amides is 1. The molecule has 0 aromatic carbocycles. The highest BCUT2D eigenvalue weighted by molar-refractivity contribution is 7.09. The van der Waals surface area contributed by atoms with Gasteiger partial charge in [-0.2, -0.15) is 0 Å². The van der Waals surface area contributed by atoms with E-state index in [0.29, 0.717) is 31.6 Å². The second-order valence-corrected chi connectivity index (χ2v) is 3.82. The molecule has 80 valence electrons. The number of aromatic nitrogens is 1. The summed E-state index contributed by atoms with van der Waals surface area (Å²) in [6.45, 7) is 1.03. The predicted octanol–water partition coefficient (Wildman–Crippen LogP) is 0.397. The van der Waals surface area contributed by atoms with Crippen LogP contribution in [0.2, 0.25) is 0 Å². The monoisotopic (exact) mass is 223 g/mol. The lowest BCUT2D eigenvalue weighted by Gasteiger charge is -1.98. The second-order valence-electron chi connectivity index (χ2n) is 2.88. The Labute approximate surface area is 92.9 Å². The van der Waals surface area contributed by atoms with Gasteiger partial charge in [0.15, 0.2) is 0 Å². The summed E-state index contributed by atoms with van der Waals surface area (Å²) < 4.78 is 0. The van der Waals surface area contributed by atoms with E-state index in [2.05, 4.69) is 16.2 Å². The molecule has 15 heavy (non-hydrogen) atoms.